The molecule has 1 aliphatic heterocycles. The van der Waals surface area contributed by atoms with E-state index in [1.165, 1.54) is 25.7 Å². The number of carboxylic acid groups (broad SMARTS) is 1. The van der Waals surface area contributed by atoms with E-state index in [9.17, 15) is 9.90 Å². The highest BCUT2D eigenvalue weighted by molar-refractivity contribution is 5.74. The lowest BCUT2D eigenvalue weighted by molar-refractivity contribution is -0.151. The van der Waals surface area contributed by atoms with Crippen LogP contribution in [0.15, 0.2) is 0 Å². The molecule has 17 heavy (non-hydrogen) atoms. The first-order chi connectivity index (χ1) is 8.12. The second-order valence-electron chi connectivity index (χ2n) is 6.03. The first-order valence-electron chi connectivity index (χ1n) is 7.09. The summed E-state index contributed by atoms with van der Waals surface area (Å²) in [5, 5.41) is 9.31. The molecule has 1 atom stereocenters. The maximum Gasteiger partial charge on any atom is 0.321 e. The summed E-state index contributed by atoms with van der Waals surface area (Å²) in [5.41, 5.74) is 0.437. The fourth-order valence-corrected chi connectivity index (χ4v) is 3.58. The lowest BCUT2D eigenvalue weighted by Gasteiger charge is -2.53. The van der Waals surface area contributed by atoms with Crippen molar-refractivity contribution < 1.29 is 9.90 Å². The van der Waals surface area contributed by atoms with Crippen LogP contribution < -0.4 is 0 Å². The quantitative estimate of drug-likeness (QED) is 0.742. The van der Waals surface area contributed by atoms with Crippen molar-refractivity contribution >= 4 is 5.97 Å². The van der Waals surface area contributed by atoms with Crippen LogP contribution >= 0.6 is 0 Å². The van der Waals surface area contributed by atoms with Crippen molar-refractivity contribution in [2.45, 2.75) is 58.4 Å². The molecule has 0 amide bonds. The molecule has 1 heterocycles. The van der Waals surface area contributed by atoms with Crippen molar-refractivity contribution in [2.24, 2.45) is 11.3 Å². The average molecular weight is 239 g/mol. The van der Waals surface area contributed by atoms with Gasteiger partial charge in [0.05, 0.1) is 0 Å². The van der Waals surface area contributed by atoms with Crippen LogP contribution in [0.4, 0.5) is 0 Å². The summed E-state index contributed by atoms with van der Waals surface area (Å²) in [6.45, 7) is 6.50. The summed E-state index contributed by atoms with van der Waals surface area (Å²) >= 11 is 0. The molecule has 3 nitrogen and oxygen atoms in total. The molecule has 1 saturated heterocycles. The molecule has 1 saturated carbocycles. The maximum absolute atomic E-state index is 11.3. The number of likely N-dealkylation sites (tertiary alicyclic amines) is 1. The molecule has 0 radical (unpaired) electrons. The molecular weight excluding hydrogens is 214 g/mol. The van der Waals surface area contributed by atoms with Crippen LogP contribution in [0.25, 0.3) is 0 Å². The van der Waals surface area contributed by atoms with E-state index in [4.69, 9.17) is 0 Å². The third-order valence-corrected chi connectivity index (χ3v) is 4.35. The van der Waals surface area contributed by atoms with Crippen LogP contribution in [0.2, 0.25) is 0 Å². The minimum Gasteiger partial charge on any atom is -0.480 e. The van der Waals surface area contributed by atoms with Gasteiger partial charge >= 0.3 is 5.97 Å². The normalized spacial score (nSPS) is 25.3. The Balaban J connectivity index is 1.92. The van der Waals surface area contributed by atoms with Gasteiger partial charge in [0.15, 0.2) is 0 Å². The van der Waals surface area contributed by atoms with Crippen molar-refractivity contribution in [1.82, 2.24) is 4.90 Å². The van der Waals surface area contributed by atoms with Gasteiger partial charge in [-0.25, -0.2) is 0 Å². The average Bonchev–Trinajstić information content (AvgIpc) is 2.99. The molecule has 0 spiro atoms. The van der Waals surface area contributed by atoms with E-state index in [0.29, 0.717) is 11.3 Å². The van der Waals surface area contributed by atoms with Crippen molar-refractivity contribution in [1.29, 1.82) is 0 Å². The van der Waals surface area contributed by atoms with E-state index in [1.54, 1.807) is 0 Å². The molecule has 0 aromatic carbocycles. The SMILES string of the molecule is CCCC1(CCC)CN(C(C(=O)O)C2CC2)C1. The lowest BCUT2D eigenvalue weighted by Crippen LogP contribution is -2.62. The van der Waals surface area contributed by atoms with Crippen molar-refractivity contribution in [3.8, 4) is 0 Å². The van der Waals surface area contributed by atoms with Crippen LogP contribution in [0.1, 0.15) is 52.4 Å². The van der Waals surface area contributed by atoms with Crippen molar-refractivity contribution in [3.05, 3.63) is 0 Å². The molecule has 1 aliphatic carbocycles. The number of hydrogen-bond acceptors (Lipinski definition) is 2. The molecule has 0 bridgehead atoms. The minimum absolute atomic E-state index is 0.183. The topological polar surface area (TPSA) is 40.5 Å². The molecule has 2 aliphatic rings. The first kappa shape index (κ1) is 12.9. The lowest BCUT2D eigenvalue weighted by atomic mass is 9.72. The highest BCUT2D eigenvalue weighted by Gasteiger charge is 2.50. The Hall–Kier alpha value is -0.570. The smallest absolute Gasteiger partial charge is 0.321 e. The van der Waals surface area contributed by atoms with E-state index in [2.05, 4.69) is 18.7 Å². The summed E-state index contributed by atoms with van der Waals surface area (Å²) in [5.74, 6) is -0.164. The number of carbonyl (C=O) groups is 1. The fourth-order valence-electron chi connectivity index (χ4n) is 3.58. The van der Waals surface area contributed by atoms with Crippen molar-refractivity contribution in [2.75, 3.05) is 13.1 Å². The van der Waals surface area contributed by atoms with Crippen LogP contribution in [0, 0.1) is 11.3 Å². The summed E-state index contributed by atoms with van der Waals surface area (Å²) in [4.78, 5) is 13.5. The highest BCUT2D eigenvalue weighted by Crippen LogP contribution is 2.45. The Labute approximate surface area is 104 Å². The van der Waals surface area contributed by atoms with Crippen LogP contribution in [-0.4, -0.2) is 35.1 Å². The van der Waals surface area contributed by atoms with E-state index in [1.807, 2.05) is 0 Å². The molecular formula is C14H25NO2. The summed E-state index contributed by atoms with van der Waals surface area (Å²) in [7, 11) is 0. The second-order valence-corrected chi connectivity index (χ2v) is 6.03. The maximum atomic E-state index is 11.3. The largest absolute Gasteiger partial charge is 0.480 e. The van der Waals surface area contributed by atoms with Crippen LogP contribution in [0.5, 0.6) is 0 Å². The van der Waals surface area contributed by atoms with Gasteiger partial charge in [-0.3, -0.25) is 9.69 Å². The molecule has 0 aromatic heterocycles. The predicted molar refractivity (Wildman–Crippen MR) is 68.0 cm³/mol. The van der Waals surface area contributed by atoms with Gasteiger partial charge in [-0.1, -0.05) is 26.7 Å². The van der Waals surface area contributed by atoms with E-state index in [-0.39, 0.29) is 6.04 Å². The predicted octanol–water partition coefficient (Wildman–Crippen LogP) is 2.75. The summed E-state index contributed by atoms with van der Waals surface area (Å²) in [6, 6.07) is -0.183. The zero-order valence-electron chi connectivity index (χ0n) is 11.1. The van der Waals surface area contributed by atoms with E-state index >= 15 is 0 Å². The van der Waals surface area contributed by atoms with E-state index < -0.39 is 5.97 Å². The zero-order valence-corrected chi connectivity index (χ0v) is 11.1. The number of carboxylic acids is 1. The molecule has 98 valence electrons. The monoisotopic (exact) mass is 239 g/mol. The third kappa shape index (κ3) is 2.65. The summed E-state index contributed by atoms with van der Waals surface area (Å²) < 4.78 is 0. The number of aliphatic carboxylic acids is 1. The fraction of sp³-hybridized carbons (Fsp3) is 0.929. The van der Waals surface area contributed by atoms with Gasteiger partial charge in [-0.05, 0) is 37.0 Å². The van der Waals surface area contributed by atoms with Gasteiger partial charge < -0.3 is 5.11 Å². The van der Waals surface area contributed by atoms with Gasteiger partial charge in [0.25, 0.3) is 0 Å². The second kappa shape index (κ2) is 4.97. The minimum atomic E-state index is -0.603. The Morgan fingerprint density at radius 2 is 1.82 bits per heavy atom. The van der Waals surface area contributed by atoms with Gasteiger partial charge in [0, 0.05) is 13.1 Å². The van der Waals surface area contributed by atoms with E-state index in [0.717, 1.165) is 25.9 Å². The van der Waals surface area contributed by atoms with Crippen LogP contribution in [0.3, 0.4) is 0 Å². The molecule has 3 heteroatoms. The first-order valence-corrected chi connectivity index (χ1v) is 7.09. The Bertz CT molecular complexity index is 272. The van der Waals surface area contributed by atoms with Gasteiger partial charge in [-0.15, -0.1) is 0 Å². The Kier molecular flexibility index (Phi) is 3.76. The highest BCUT2D eigenvalue weighted by atomic mass is 16.4. The van der Waals surface area contributed by atoms with Gasteiger partial charge in [0.2, 0.25) is 0 Å². The third-order valence-electron chi connectivity index (χ3n) is 4.35. The Morgan fingerprint density at radius 1 is 1.29 bits per heavy atom. The standard InChI is InChI=1S/C14H25NO2/c1-3-7-14(8-4-2)9-15(10-14)12(13(16)17)11-5-6-11/h11-12H,3-10H2,1-2H3,(H,16,17). The van der Waals surface area contributed by atoms with Gasteiger partial charge in [0.1, 0.15) is 6.04 Å². The molecule has 0 aromatic rings. The number of rotatable bonds is 7. The van der Waals surface area contributed by atoms with Crippen molar-refractivity contribution in [3.63, 3.8) is 0 Å². The number of hydrogen-bond donors (Lipinski definition) is 1. The molecule has 2 rings (SSSR count). The molecule has 1 N–H and O–H groups in total. The molecule has 2 fully saturated rings. The zero-order chi connectivity index (χ0) is 12.5. The summed E-state index contributed by atoms with van der Waals surface area (Å²) in [6.07, 6.45) is 7.18. The van der Waals surface area contributed by atoms with Crippen LogP contribution in [-0.2, 0) is 4.79 Å². The molecule has 1 unspecified atom stereocenters. The van der Waals surface area contributed by atoms with Gasteiger partial charge in [-0.2, -0.15) is 0 Å². The Morgan fingerprint density at radius 3 is 2.18 bits per heavy atom. The number of nitrogens with zero attached hydrogens (tertiary/aromatic N) is 1.